The lowest BCUT2D eigenvalue weighted by atomic mass is 10.1. The number of hydrogen-bond donors (Lipinski definition) is 3. The third-order valence-corrected chi connectivity index (χ3v) is 3.58. The van der Waals surface area contributed by atoms with E-state index in [-0.39, 0.29) is 5.56 Å². The first-order valence-electron chi connectivity index (χ1n) is 6.81. The molecule has 0 saturated heterocycles. The molecule has 3 rings (SSSR count). The number of nitrogens with zero attached hydrogens (tertiary/aromatic N) is 1. The van der Waals surface area contributed by atoms with E-state index in [9.17, 15) is 9.90 Å². The zero-order chi connectivity index (χ0) is 13.9. The molecule has 0 fully saturated rings. The molecule has 0 radical (unpaired) electrons. The third kappa shape index (κ3) is 2.50. The zero-order valence-corrected chi connectivity index (χ0v) is 11.1. The van der Waals surface area contributed by atoms with Gasteiger partial charge in [-0.2, -0.15) is 0 Å². The smallest absolute Gasteiger partial charge is 0.254 e. The van der Waals surface area contributed by atoms with Crippen molar-refractivity contribution in [1.82, 2.24) is 15.3 Å². The van der Waals surface area contributed by atoms with Crippen molar-refractivity contribution in [1.29, 1.82) is 0 Å². The monoisotopic (exact) mass is 271 g/mol. The third-order valence-electron chi connectivity index (χ3n) is 3.58. The lowest BCUT2D eigenvalue weighted by molar-refractivity contribution is 0.209. The van der Waals surface area contributed by atoms with Gasteiger partial charge in [-0.25, -0.2) is 4.98 Å². The van der Waals surface area contributed by atoms with Gasteiger partial charge in [0.1, 0.15) is 11.9 Å². The van der Waals surface area contributed by atoms with E-state index in [1.54, 1.807) is 0 Å². The molecule has 5 heteroatoms. The number of aromatic nitrogens is 2. The van der Waals surface area contributed by atoms with Crippen LogP contribution in [0.25, 0.3) is 0 Å². The highest BCUT2D eigenvalue weighted by Gasteiger charge is 2.18. The Kier molecular flexibility index (Phi) is 3.62. The molecule has 1 unspecified atom stereocenters. The lowest BCUT2D eigenvalue weighted by Crippen LogP contribution is -2.22. The minimum Gasteiger partial charge on any atom is -0.380 e. The van der Waals surface area contributed by atoms with E-state index < -0.39 is 6.10 Å². The summed E-state index contributed by atoms with van der Waals surface area (Å²) in [7, 11) is 0. The predicted octanol–water partition coefficient (Wildman–Crippen LogP) is 0.540. The molecule has 1 aromatic heterocycles. The van der Waals surface area contributed by atoms with E-state index in [1.165, 1.54) is 0 Å². The van der Waals surface area contributed by atoms with Gasteiger partial charge >= 0.3 is 0 Å². The van der Waals surface area contributed by atoms with Crippen molar-refractivity contribution in [3.63, 3.8) is 0 Å². The van der Waals surface area contributed by atoms with Crippen molar-refractivity contribution in [3.8, 4) is 0 Å². The fourth-order valence-electron chi connectivity index (χ4n) is 2.50. The predicted molar refractivity (Wildman–Crippen MR) is 75.6 cm³/mol. The van der Waals surface area contributed by atoms with E-state index in [2.05, 4.69) is 15.3 Å². The largest absolute Gasteiger partial charge is 0.380 e. The van der Waals surface area contributed by atoms with Crippen molar-refractivity contribution in [3.05, 3.63) is 63.3 Å². The summed E-state index contributed by atoms with van der Waals surface area (Å²) < 4.78 is 0. The van der Waals surface area contributed by atoms with Crippen LogP contribution < -0.4 is 10.9 Å². The molecule has 2 heterocycles. The average Bonchev–Trinajstić information content (AvgIpc) is 2.73. The van der Waals surface area contributed by atoms with E-state index in [1.807, 2.05) is 30.3 Å². The van der Waals surface area contributed by atoms with Gasteiger partial charge in [0, 0.05) is 18.5 Å². The standard InChI is InChI=1S/C15H17N3O2/c19-13(10-4-2-1-3-5-10)14-17-12-7-9-16-8-6-11(12)15(20)18-14/h1-5,13,16,19H,6-9H2,(H,17,18,20). The maximum atomic E-state index is 12.1. The Labute approximate surface area is 116 Å². The molecule has 0 aliphatic carbocycles. The normalized spacial score (nSPS) is 16.2. The molecule has 0 saturated carbocycles. The SMILES string of the molecule is O=c1[nH]c(C(O)c2ccccc2)nc2c1CCNCC2. The van der Waals surface area contributed by atoms with Crippen molar-refractivity contribution < 1.29 is 5.11 Å². The van der Waals surface area contributed by atoms with E-state index >= 15 is 0 Å². The zero-order valence-electron chi connectivity index (χ0n) is 11.1. The minimum absolute atomic E-state index is 0.135. The molecular weight excluding hydrogens is 254 g/mol. The second kappa shape index (κ2) is 5.56. The molecular formula is C15H17N3O2. The molecule has 1 aromatic carbocycles. The molecule has 0 bridgehead atoms. The van der Waals surface area contributed by atoms with Crippen LogP contribution in [0.5, 0.6) is 0 Å². The second-order valence-electron chi connectivity index (χ2n) is 4.94. The molecule has 0 spiro atoms. The van der Waals surface area contributed by atoms with Crippen LogP contribution in [0.1, 0.15) is 28.7 Å². The Morgan fingerprint density at radius 1 is 1.15 bits per heavy atom. The number of hydrogen-bond acceptors (Lipinski definition) is 4. The van der Waals surface area contributed by atoms with Gasteiger partial charge in [0.25, 0.3) is 5.56 Å². The number of rotatable bonds is 2. The number of aliphatic hydroxyl groups is 1. The van der Waals surface area contributed by atoms with Crippen LogP contribution in [0.3, 0.4) is 0 Å². The molecule has 1 aliphatic heterocycles. The molecule has 20 heavy (non-hydrogen) atoms. The Morgan fingerprint density at radius 2 is 1.90 bits per heavy atom. The summed E-state index contributed by atoms with van der Waals surface area (Å²) in [5.41, 5.74) is 2.12. The van der Waals surface area contributed by atoms with E-state index in [0.29, 0.717) is 18.7 Å². The van der Waals surface area contributed by atoms with Gasteiger partial charge in [0.15, 0.2) is 0 Å². The van der Waals surface area contributed by atoms with Gasteiger partial charge in [-0.15, -0.1) is 0 Å². The summed E-state index contributed by atoms with van der Waals surface area (Å²) in [6.45, 7) is 1.60. The maximum Gasteiger partial charge on any atom is 0.254 e. The van der Waals surface area contributed by atoms with Crippen LogP contribution in [-0.2, 0) is 12.8 Å². The first-order valence-corrected chi connectivity index (χ1v) is 6.81. The van der Waals surface area contributed by atoms with Crippen LogP contribution in [0.4, 0.5) is 0 Å². The molecule has 104 valence electrons. The molecule has 0 amide bonds. The van der Waals surface area contributed by atoms with Gasteiger partial charge in [-0.3, -0.25) is 4.79 Å². The number of benzene rings is 1. The Bertz CT molecular complexity index is 652. The highest BCUT2D eigenvalue weighted by molar-refractivity contribution is 5.26. The molecule has 1 aliphatic rings. The summed E-state index contributed by atoms with van der Waals surface area (Å²) in [5.74, 6) is 0.321. The topological polar surface area (TPSA) is 78.0 Å². The van der Waals surface area contributed by atoms with Crippen molar-refractivity contribution in [2.75, 3.05) is 13.1 Å². The summed E-state index contributed by atoms with van der Waals surface area (Å²) in [6, 6.07) is 9.22. The van der Waals surface area contributed by atoms with Crippen molar-refractivity contribution in [2.45, 2.75) is 18.9 Å². The quantitative estimate of drug-likeness (QED) is 0.745. The summed E-state index contributed by atoms with van der Waals surface area (Å²) in [5, 5.41) is 13.6. The van der Waals surface area contributed by atoms with E-state index in [0.717, 1.165) is 29.9 Å². The summed E-state index contributed by atoms with van der Waals surface area (Å²) in [4.78, 5) is 19.3. The van der Waals surface area contributed by atoms with Crippen LogP contribution in [0.15, 0.2) is 35.1 Å². The number of nitrogens with one attached hydrogen (secondary N) is 2. The van der Waals surface area contributed by atoms with Crippen LogP contribution in [0, 0.1) is 0 Å². The molecule has 1 atom stereocenters. The number of aliphatic hydroxyl groups excluding tert-OH is 1. The Balaban J connectivity index is 2.01. The van der Waals surface area contributed by atoms with Gasteiger partial charge in [-0.05, 0) is 18.5 Å². The fraction of sp³-hybridized carbons (Fsp3) is 0.333. The lowest BCUT2D eigenvalue weighted by Gasteiger charge is -2.12. The van der Waals surface area contributed by atoms with E-state index in [4.69, 9.17) is 0 Å². The molecule has 2 aromatic rings. The molecule has 5 nitrogen and oxygen atoms in total. The second-order valence-corrected chi connectivity index (χ2v) is 4.94. The first kappa shape index (κ1) is 13.0. The maximum absolute atomic E-state index is 12.1. The fourth-order valence-corrected chi connectivity index (χ4v) is 2.50. The van der Waals surface area contributed by atoms with Crippen molar-refractivity contribution in [2.24, 2.45) is 0 Å². The van der Waals surface area contributed by atoms with Crippen LogP contribution in [-0.4, -0.2) is 28.2 Å². The summed E-state index contributed by atoms with van der Waals surface area (Å²) >= 11 is 0. The molecule has 3 N–H and O–H groups in total. The Hall–Kier alpha value is -1.98. The van der Waals surface area contributed by atoms with Crippen LogP contribution in [0.2, 0.25) is 0 Å². The van der Waals surface area contributed by atoms with Crippen LogP contribution >= 0.6 is 0 Å². The van der Waals surface area contributed by atoms with Gasteiger partial charge in [0.2, 0.25) is 0 Å². The number of aromatic amines is 1. The number of H-pyrrole nitrogens is 1. The first-order chi connectivity index (χ1) is 9.75. The van der Waals surface area contributed by atoms with Gasteiger partial charge in [-0.1, -0.05) is 30.3 Å². The highest BCUT2D eigenvalue weighted by Crippen LogP contribution is 2.18. The van der Waals surface area contributed by atoms with Crippen molar-refractivity contribution >= 4 is 0 Å². The highest BCUT2D eigenvalue weighted by atomic mass is 16.3. The minimum atomic E-state index is -0.898. The van der Waals surface area contributed by atoms with Gasteiger partial charge in [0.05, 0.1) is 5.69 Å². The Morgan fingerprint density at radius 3 is 2.70 bits per heavy atom. The average molecular weight is 271 g/mol. The number of fused-ring (bicyclic) bond motifs is 1. The summed E-state index contributed by atoms with van der Waals surface area (Å²) in [6.07, 6.45) is 0.498. The van der Waals surface area contributed by atoms with Gasteiger partial charge < -0.3 is 15.4 Å².